The van der Waals surface area contributed by atoms with Gasteiger partial charge in [0.1, 0.15) is 23.1 Å². The highest BCUT2D eigenvalue weighted by atomic mass is 19.1. The predicted octanol–water partition coefficient (Wildman–Crippen LogP) is 4.30. The first-order chi connectivity index (χ1) is 9.45. The van der Waals surface area contributed by atoms with Crippen LogP contribution >= 0.6 is 0 Å². The van der Waals surface area contributed by atoms with Gasteiger partial charge in [0.2, 0.25) is 0 Å². The van der Waals surface area contributed by atoms with Crippen LogP contribution in [-0.2, 0) is 0 Å². The number of benzene rings is 2. The van der Waals surface area contributed by atoms with Gasteiger partial charge in [-0.15, -0.1) is 0 Å². The summed E-state index contributed by atoms with van der Waals surface area (Å²) in [6, 6.07) is 9.61. The van der Waals surface area contributed by atoms with Crippen LogP contribution in [0.25, 0.3) is 0 Å². The fourth-order valence-corrected chi connectivity index (χ4v) is 1.79. The minimum Gasteiger partial charge on any atom is -0.489 e. The maximum atomic E-state index is 13.1. The third-order valence-corrected chi connectivity index (χ3v) is 2.71. The molecule has 2 rings (SSSR count). The second kappa shape index (κ2) is 5.82. The molecule has 0 saturated carbocycles. The largest absolute Gasteiger partial charge is 0.489 e. The zero-order valence-corrected chi connectivity index (χ0v) is 11.8. The number of rotatable bonds is 4. The van der Waals surface area contributed by atoms with Crippen LogP contribution in [0.15, 0.2) is 36.4 Å². The van der Waals surface area contributed by atoms with Crippen LogP contribution < -0.4 is 15.2 Å². The Morgan fingerprint density at radius 1 is 1.05 bits per heavy atom. The van der Waals surface area contributed by atoms with Gasteiger partial charge in [0, 0.05) is 6.07 Å². The number of hydrogen-bond acceptors (Lipinski definition) is 3. The van der Waals surface area contributed by atoms with E-state index < -0.39 is 0 Å². The van der Waals surface area contributed by atoms with Crippen molar-refractivity contribution in [1.82, 2.24) is 0 Å². The number of aryl methyl sites for hydroxylation is 1. The van der Waals surface area contributed by atoms with E-state index in [0.29, 0.717) is 22.9 Å². The summed E-state index contributed by atoms with van der Waals surface area (Å²) in [5.74, 6) is 1.50. The van der Waals surface area contributed by atoms with Crippen molar-refractivity contribution in [3.63, 3.8) is 0 Å². The maximum Gasteiger partial charge on any atom is 0.146 e. The zero-order valence-electron chi connectivity index (χ0n) is 11.8. The van der Waals surface area contributed by atoms with Crippen LogP contribution in [0.1, 0.15) is 19.4 Å². The summed E-state index contributed by atoms with van der Waals surface area (Å²) < 4.78 is 24.4. The fourth-order valence-electron chi connectivity index (χ4n) is 1.79. The molecular formula is C16H18FNO2. The number of hydrogen-bond donors (Lipinski definition) is 1. The van der Waals surface area contributed by atoms with E-state index in [1.165, 1.54) is 12.1 Å². The smallest absolute Gasteiger partial charge is 0.146 e. The Morgan fingerprint density at radius 2 is 1.80 bits per heavy atom. The standard InChI is InChI=1S/C16H18FNO2/c1-10(2)19-16-9-13(5-6-14(16)18)20-15-7-4-12(17)8-11(15)3/h4-10H,18H2,1-3H3. The third kappa shape index (κ3) is 3.41. The van der Waals surface area contributed by atoms with Gasteiger partial charge in [0.05, 0.1) is 11.8 Å². The number of halogens is 1. The predicted molar refractivity (Wildman–Crippen MR) is 77.8 cm³/mol. The molecule has 0 aliphatic carbocycles. The van der Waals surface area contributed by atoms with Gasteiger partial charge in [-0.2, -0.15) is 0 Å². The third-order valence-electron chi connectivity index (χ3n) is 2.71. The van der Waals surface area contributed by atoms with Gasteiger partial charge in [-0.3, -0.25) is 0 Å². The van der Waals surface area contributed by atoms with Gasteiger partial charge < -0.3 is 15.2 Å². The molecule has 2 N–H and O–H groups in total. The highest BCUT2D eigenvalue weighted by Crippen LogP contribution is 2.32. The lowest BCUT2D eigenvalue weighted by molar-refractivity contribution is 0.243. The molecule has 0 amide bonds. The van der Waals surface area contributed by atoms with Crippen LogP contribution in [0.5, 0.6) is 17.2 Å². The van der Waals surface area contributed by atoms with E-state index in [4.69, 9.17) is 15.2 Å². The van der Waals surface area contributed by atoms with E-state index >= 15 is 0 Å². The Hall–Kier alpha value is -2.23. The molecule has 2 aromatic rings. The van der Waals surface area contributed by atoms with Crippen LogP contribution in [0, 0.1) is 12.7 Å². The van der Waals surface area contributed by atoms with Crippen molar-refractivity contribution in [2.75, 3.05) is 5.73 Å². The topological polar surface area (TPSA) is 44.5 Å². The zero-order chi connectivity index (χ0) is 14.7. The van der Waals surface area contributed by atoms with Crippen molar-refractivity contribution in [2.45, 2.75) is 26.9 Å². The van der Waals surface area contributed by atoms with Crippen LogP contribution in [0.3, 0.4) is 0 Å². The van der Waals surface area contributed by atoms with Gasteiger partial charge in [-0.1, -0.05) is 0 Å². The molecule has 0 fully saturated rings. The van der Waals surface area contributed by atoms with Crippen molar-refractivity contribution in [3.05, 3.63) is 47.8 Å². The lowest BCUT2D eigenvalue weighted by Gasteiger charge is -2.14. The first kappa shape index (κ1) is 14.2. The SMILES string of the molecule is Cc1cc(F)ccc1Oc1ccc(N)c(OC(C)C)c1. The van der Waals surface area contributed by atoms with E-state index in [0.717, 1.165) is 5.56 Å². The molecule has 2 aromatic carbocycles. The molecule has 0 aliphatic heterocycles. The first-order valence-electron chi connectivity index (χ1n) is 6.46. The molecule has 4 heteroatoms. The molecule has 0 unspecified atom stereocenters. The molecule has 0 heterocycles. The molecule has 3 nitrogen and oxygen atoms in total. The molecule has 20 heavy (non-hydrogen) atoms. The first-order valence-corrected chi connectivity index (χ1v) is 6.46. The summed E-state index contributed by atoms with van der Waals surface area (Å²) in [7, 11) is 0. The van der Waals surface area contributed by atoms with Crippen LogP contribution in [-0.4, -0.2) is 6.10 Å². The Labute approximate surface area is 118 Å². The summed E-state index contributed by atoms with van der Waals surface area (Å²) in [4.78, 5) is 0. The Balaban J connectivity index is 2.25. The average Bonchev–Trinajstić information content (AvgIpc) is 2.36. The maximum absolute atomic E-state index is 13.1. The lowest BCUT2D eigenvalue weighted by Crippen LogP contribution is -2.07. The average molecular weight is 275 g/mol. The normalized spacial score (nSPS) is 10.7. The number of ether oxygens (including phenoxy) is 2. The van der Waals surface area contributed by atoms with E-state index in [2.05, 4.69) is 0 Å². The van der Waals surface area contributed by atoms with E-state index in [9.17, 15) is 4.39 Å². The lowest BCUT2D eigenvalue weighted by atomic mass is 10.2. The van der Waals surface area contributed by atoms with Gasteiger partial charge in [0.15, 0.2) is 0 Å². The summed E-state index contributed by atoms with van der Waals surface area (Å²) in [6.07, 6.45) is 0.0279. The molecule has 0 saturated heterocycles. The molecular weight excluding hydrogens is 257 g/mol. The number of anilines is 1. The minimum atomic E-state index is -0.281. The van der Waals surface area contributed by atoms with Crippen LogP contribution in [0.2, 0.25) is 0 Å². The van der Waals surface area contributed by atoms with Gasteiger partial charge in [-0.25, -0.2) is 4.39 Å². The fraction of sp³-hybridized carbons (Fsp3) is 0.250. The monoisotopic (exact) mass is 275 g/mol. The second-order valence-electron chi connectivity index (χ2n) is 4.88. The number of nitrogens with two attached hydrogens (primary N) is 1. The Kier molecular flexibility index (Phi) is 4.13. The van der Waals surface area contributed by atoms with E-state index in [1.54, 1.807) is 31.2 Å². The van der Waals surface area contributed by atoms with Gasteiger partial charge in [-0.05, 0) is 56.7 Å². The van der Waals surface area contributed by atoms with E-state index in [-0.39, 0.29) is 11.9 Å². The quantitative estimate of drug-likeness (QED) is 0.846. The van der Waals surface area contributed by atoms with Gasteiger partial charge in [0.25, 0.3) is 0 Å². The van der Waals surface area contributed by atoms with Crippen molar-refractivity contribution >= 4 is 5.69 Å². The molecule has 0 aliphatic rings. The summed E-state index contributed by atoms with van der Waals surface area (Å²) in [6.45, 7) is 5.65. The highest BCUT2D eigenvalue weighted by Gasteiger charge is 2.08. The van der Waals surface area contributed by atoms with E-state index in [1.807, 2.05) is 13.8 Å². The van der Waals surface area contributed by atoms with Gasteiger partial charge >= 0.3 is 0 Å². The molecule has 0 spiro atoms. The summed E-state index contributed by atoms with van der Waals surface area (Å²) in [5, 5.41) is 0. The molecule has 0 radical (unpaired) electrons. The van der Waals surface area contributed by atoms with Crippen molar-refractivity contribution in [2.24, 2.45) is 0 Å². The molecule has 0 atom stereocenters. The second-order valence-corrected chi connectivity index (χ2v) is 4.88. The minimum absolute atomic E-state index is 0.0279. The molecule has 106 valence electrons. The van der Waals surface area contributed by atoms with Crippen LogP contribution in [0.4, 0.5) is 10.1 Å². The Bertz CT molecular complexity index is 611. The highest BCUT2D eigenvalue weighted by molar-refractivity contribution is 5.56. The molecule has 0 bridgehead atoms. The van der Waals surface area contributed by atoms with Crippen molar-refractivity contribution in [1.29, 1.82) is 0 Å². The van der Waals surface area contributed by atoms with Crippen molar-refractivity contribution < 1.29 is 13.9 Å². The summed E-state index contributed by atoms with van der Waals surface area (Å²) in [5.41, 5.74) is 7.14. The summed E-state index contributed by atoms with van der Waals surface area (Å²) >= 11 is 0. The number of nitrogen functional groups attached to an aromatic ring is 1. The Morgan fingerprint density at radius 3 is 2.45 bits per heavy atom. The molecule has 0 aromatic heterocycles. The van der Waals surface area contributed by atoms with Crippen molar-refractivity contribution in [3.8, 4) is 17.2 Å².